The number of amides is 1. The first-order valence-electron chi connectivity index (χ1n) is 4.32. The van der Waals surface area contributed by atoms with Gasteiger partial charge in [-0.15, -0.1) is 0 Å². The molecule has 0 spiro atoms. The Labute approximate surface area is 73.5 Å². The number of carbonyl (C=O) groups is 1. The number of quaternary nitrogens is 1. The molecule has 1 heterocycles. The average Bonchev–Trinajstić information content (AvgIpc) is 1.94. The number of rotatable bonds is 2. The van der Waals surface area contributed by atoms with Crippen molar-refractivity contribution in [2.45, 2.75) is 0 Å². The normalized spacial score (nSPS) is 23.8. The number of nitrogens with zero attached hydrogens (tertiary/aromatic N) is 2. The van der Waals surface area contributed by atoms with Gasteiger partial charge in [-0.2, -0.15) is 0 Å². The largest absolute Gasteiger partial charge is 0.365 e. The Balaban J connectivity index is 2.44. The summed E-state index contributed by atoms with van der Waals surface area (Å²) in [5.41, 5.74) is 5.17. The molecule has 0 aromatic rings. The van der Waals surface area contributed by atoms with Gasteiger partial charge in [0.15, 0.2) is 6.54 Å². The maximum Gasteiger partial charge on any atom is 0.272 e. The zero-order valence-corrected chi connectivity index (χ0v) is 7.92. The molecular weight excluding hydrogens is 154 g/mol. The molecule has 1 rings (SSSR count). The van der Waals surface area contributed by atoms with Crippen molar-refractivity contribution < 1.29 is 9.28 Å². The Morgan fingerprint density at radius 2 is 2.00 bits per heavy atom. The van der Waals surface area contributed by atoms with Crippen molar-refractivity contribution in [3.63, 3.8) is 0 Å². The standard InChI is InChI=1S/C8H17N3O/c1-10-3-5-11(2,6-4-10)7-8(9)12/h3-7H2,1-2H3,(H-,9,12)/p+1. The molecule has 0 unspecified atom stereocenters. The third-order valence-electron chi connectivity index (χ3n) is 2.58. The molecule has 0 aromatic heterocycles. The first kappa shape index (κ1) is 9.48. The van der Waals surface area contributed by atoms with Gasteiger partial charge >= 0.3 is 0 Å². The van der Waals surface area contributed by atoms with Crippen molar-refractivity contribution in [1.82, 2.24) is 4.90 Å². The van der Waals surface area contributed by atoms with Crippen molar-refractivity contribution in [2.24, 2.45) is 5.73 Å². The van der Waals surface area contributed by atoms with Gasteiger partial charge in [-0.3, -0.25) is 9.69 Å². The maximum absolute atomic E-state index is 10.7. The molecule has 1 fully saturated rings. The minimum absolute atomic E-state index is 0.193. The van der Waals surface area contributed by atoms with Gasteiger partial charge in [0, 0.05) is 13.1 Å². The molecule has 1 aliphatic heterocycles. The van der Waals surface area contributed by atoms with E-state index in [2.05, 4.69) is 19.0 Å². The van der Waals surface area contributed by atoms with Gasteiger partial charge in [-0.25, -0.2) is 0 Å². The van der Waals surface area contributed by atoms with Crippen LogP contribution in [0.15, 0.2) is 0 Å². The van der Waals surface area contributed by atoms with E-state index in [-0.39, 0.29) is 5.91 Å². The topological polar surface area (TPSA) is 46.3 Å². The summed E-state index contributed by atoms with van der Waals surface area (Å²) < 4.78 is 0.805. The molecule has 1 amide bonds. The van der Waals surface area contributed by atoms with E-state index in [9.17, 15) is 4.79 Å². The van der Waals surface area contributed by atoms with Crippen LogP contribution in [0.5, 0.6) is 0 Å². The van der Waals surface area contributed by atoms with Crippen molar-refractivity contribution in [2.75, 3.05) is 46.8 Å². The van der Waals surface area contributed by atoms with Crippen LogP contribution in [0.2, 0.25) is 0 Å². The maximum atomic E-state index is 10.7. The molecule has 2 N–H and O–H groups in total. The van der Waals surface area contributed by atoms with Crippen molar-refractivity contribution in [1.29, 1.82) is 0 Å². The molecule has 1 aliphatic rings. The Bertz CT molecular complexity index is 173. The fourth-order valence-corrected chi connectivity index (χ4v) is 1.58. The van der Waals surface area contributed by atoms with Crippen LogP contribution in [0, 0.1) is 0 Å². The van der Waals surface area contributed by atoms with E-state index >= 15 is 0 Å². The van der Waals surface area contributed by atoms with Gasteiger partial charge in [0.2, 0.25) is 0 Å². The Morgan fingerprint density at radius 3 is 2.42 bits per heavy atom. The lowest BCUT2D eigenvalue weighted by Crippen LogP contribution is -2.59. The van der Waals surface area contributed by atoms with Crippen molar-refractivity contribution >= 4 is 5.91 Å². The van der Waals surface area contributed by atoms with E-state index in [4.69, 9.17) is 5.73 Å². The molecule has 0 aliphatic carbocycles. The number of primary amides is 1. The Morgan fingerprint density at radius 1 is 1.50 bits per heavy atom. The zero-order valence-electron chi connectivity index (χ0n) is 7.92. The molecule has 1 saturated heterocycles. The third-order valence-corrected chi connectivity index (χ3v) is 2.58. The summed E-state index contributed by atoms with van der Waals surface area (Å²) in [7, 11) is 4.20. The molecule has 70 valence electrons. The highest BCUT2D eigenvalue weighted by Gasteiger charge is 2.28. The quantitative estimate of drug-likeness (QED) is 0.535. The molecule has 0 radical (unpaired) electrons. The minimum atomic E-state index is -0.193. The monoisotopic (exact) mass is 172 g/mol. The summed E-state index contributed by atoms with van der Waals surface area (Å²) in [6, 6.07) is 0. The van der Waals surface area contributed by atoms with Gasteiger partial charge in [0.05, 0.1) is 20.1 Å². The Kier molecular flexibility index (Phi) is 2.69. The van der Waals surface area contributed by atoms with E-state index < -0.39 is 0 Å². The summed E-state index contributed by atoms with van der Waals surface area (Å²) in [6.45, 7) is 4.65. The highest BCUT2D eigenvalue weighted by Crippen LogP contribution is 2.07. The van der Waals surface area contributed by atoms with Crippen LogP contribution in [0.25, 0.3) is 0 Å². The van der Waals surface area contributed by atoms with E-state index in [1.165, 1.54) is 0 Å². The van der Waals surface area contributed by atoms with Crippen LogP contribution in [0.4, 0.5) is 0 Å². The molecule has 0 atom stereocenters. The summed E-state index contributed by atoms with van der Waals surface area (Å²) in [5.74, 6) is -0.193. The van der Waals surface area contributed by atoms with Crippen LogP contribution in [-0.2, 0) is 4.79 Å². The van der Waals surface area contributed by atoms with Crippen molar-refractivity contribution in [3.8, 4) is 0 Å². The lowest BCUT2D eigenvalue weighted by atomic mass is 10.2. The Hall–Kier alpha value is -0.610. The summed E-state index contributed by atoms with van der Waals surface area (Å²) in [5, 5.41) is 0. The molecule has 0 saturated carbocycles. The average molecular weight is 172 g/mol. The number of nitrogens with two attached hydrogens (primary N) is 1. The van der Waals surface area contributed by atoms with Crippen molar-refractivity contribution in [3.05, 3.63) is 0 Å². The molecule has 0 bridgehead atoms. The van der Waals surface area contributed by atoms with Gasteiger partial charge in [0.1, 0.15) is 0 Å². The predicted octanol–water partition coefficient (Wildman–Crippen LogP) is -1.14. The van der Waals surface area contributed by atoms with Crippen LogP contribution in [-0.4, -0.2) is 62.1 Å². The minimum Gasteiger partial charge on any atom is -0.365 e. The summed E-state index contributed by atoms with van der Waals surface area (Å²) in [4.78, 5) is 13.0. The predicted molar refractivity (Wildman–Crippen MR) is 47.5 cm³/mol. The first-order chi connectivity index (χ1) is 5.52. The third kappa shape index (κ3) is 2.46. The number of piperazine rings is 1. The van der Waals surface area contributed by atoms with E-state index in [1.54, 1.807) is 0 Å². The highest BCUT2D eigenvalue weighted by molar-refractivity contribution is 5.74. The highest BCUT2D eigenvalue weighted by atomic mass is 16.1. The number of hydrogen-bond acceptors (Lipinski definition) is 2. The molecule has 4 nitrogen and oxygen atoms in total. The number of likely N-dealkylation sites (N-methyl/N-ethyl adjacent to an activating group) is 2. The second-order valence-corrected chi connectivity index (χ2v) is 3.99. The van der Waals surface area contributed by atoms with Gasteiger partial charge in [-0.05, 0) is 7.05 Å². The van der Waals surface area contributed by atoms with Crippen LogP contribution >= 0.6 is 0 Å². The molecule has 4 heteroatoms. The number of hydrogen-bond donors (Lipinski definition) is 1. The van der Waals surface area contributed by atoms with Gasteiger partial charge in [-0.1, -0.05) is 0 Å². The summed E-state index contributed by atoms with van der Waals surface area (Å²) in [6.07, 6.45) is 0. The fraction of sp³-hybridized carbons (Fsp3) is 0.875. The van der Waals surface area contributed by atoms with Crippen LogP contribution < -0.4 is 5.73 Å². The van der Waals surface area contributed by atoms with Gasteiger partial charge < -0.3 is 10.2 Å². The molecule has 12 heavy (non-hydrogen) atoms. The lowest BCUT2D eigenvalue weighted by molar-refractivity contribution is -0.905. The SMILES string of the molecule is CN1CC[N+](C)(CC(N)=O)CC1. The van der Waals surface area contributed by atoms with E-state index in [0.29, 0.717) is 6.54 Å². The van der Waals surface area contributed by atoms with E-state index in [1.807, 2.05) is 0 Å². The lowest BCUT2D eigenvalue weighted by Gasteiger charge is -2.39. The molecular formula is C8H18N3O+. The van der Waals surface area contributed by atoms with E-state index in [0.717, 1.165) is 30.7 Å². The van der Waals surface area contributed by atoms with Gasteiger partial charge in [0.25, 0.3) is 5.91 Å². The smallest absolute Gasteiger partial charge is 0.272 e. The number of carbonyl (C=O) groups excluding carboxylic acids is 1. The second-order valence-electron chi connectivity index (χ2n) is 3.99. The molecule has 0 aromatic carbocycles. The first-order valence-corrected chi connectivity index (χ1v) is 4.32. The second kappa shape index (κ2) is 3.41. The van der Waals surface area contributed by atoms with Crippen LogP contribution in [0.3, 0.4) is 0 Å². The fourth-order valence-electron chi connectivity index (χ4n) is 1.58. The summed E-state index contributed by atoms with van der Waals surface area (Å²) >= 11 is 0. The van der Waals surface area contributed by atoms with Crippen LogP contribution in [0.1, 0.15) is 0 Å². The zero-order chi connectivity index (χ0) is 9.19.